The monoisotopic (exact) mass is 376 g/mol. The number of hydrogen-bond donors (Lipinski definition) is 0. The highest BCUT2D eigenvalue weighted by atomic mass is 28.4. The van der Waals surface area contributed by atoms with Crippen LogP contribution < -0.4 is 0 Å². The molecule has 0 aliphatic heterocycles. The number of hydrogen-bond acceptors (Lipinski definition) is 4. The first-order chi connectivity index (χ1) is 12.2. The number of rotatable bonds is 20. The Morgan fingerprint density at radius 3 is 1.44 bits per heavy atom. The molecule has 4 nitrogen and oxygen atoms in total. The van der Waals surface area contributed by atoms with E-state index >= 15 is 0 Å². The lowest BCUT2D eigenvalue weighted by Crippen LogP contribution is -2.45. The zero-order valence-corrected chi connectivity index (χ0v) is 18.4. The van der Waals surface area contributed by atoms with Crippen molar-refractivity contribution in [3.8, 4) is 0 Å². The third-order valence-electron chi connectivity index (χ3n) is 4.26. The smallest absolute Gasteiger partial charge is 0.381 e. The van der Waals surface area contributed by atoms with Crippen molar-refractivity contribution in [3.05, 3.63) is 0 Å². The normalized spacial score (nSPS) is 12.0. The highest BCUT2D eigenvalue weighted by Gasteiger charge is 2.39. The molecule has 152 valence electrons. The summed E-state index contributed by atoms with van der Waals surface area (Å²) in [6.45, 7) is 12.2. The maximum absolute atomic E-state index is 5.90. The van der Waals surface area contributed by atoms with E-state index in [-0.39, 0.29) is 0 Å². The first-order valence-electron chi connectivity index (χ1n) is 10.7. The minimum Gasteiger partial charge on any atom is -0.381 e. The molecule has 0 aromatic rings. The van der Waals surface area contributed by atoms with Gasteiger partial charge in [-0.25, -0.2) is 0 Å². The molecule has 5 heteroatoms. The van der Waals surface area contributed by atoms with Crippen molar-refractivity contribution in [2.45, 2.75) is 97.9 Å². The van der Waals surface area contributed by atoms with Crippen molar-refractivity contribution in [1.29, 1.82) is 0 Å². The summed E-state index contributed by atoms with van der Waals surface area (Å²) in [4.78, 5) is 0. The third kappa shape index (κ3) is 14.9. The summed E-state index contributed by atoms with van der Waals surface area (Å²) in [5.74, 6) is 0. The molecule has 25 heavy (non-hydrogen) atoms. The van der Waals surface area contributed by atoms with Gasteiger partial charge in [0.25, 0.3) is 0 Å². The maximum Gasteiger partial charge on any atom is 0.500 e. The van der Waals surface area contributed by atoms with Crippen LogP contribution in [0.25, 0.3) is 0 Å². The average Bonchev–Trinajstić information content (AvgIpc) is 2.60. The Morgan fingerprint density at radius 1 is 0.520 bits per heavy atom. The molecule has 0 radical (unpaired) electrons. The van der Waals surface area contributed by atoms with Crippen LogP contribution in [0, 0.1) is 0 Å². The topological polar surface area (TPSA) is 36.9 Å². The summed E-state index contributed by atoms with van der Waals surface area (Å²) in [5.41, 5.74) is 0. The zero-order valence-electron chi connectivity index (χ0n) is 17.4. The lowest BCUT2D eigenvalue weighted by atomic mass is 10.1. The summed E-state index contributed by atoms with van der Waals surface area (Å²) >= 11 is 0. The van der Waals surface area contributed by atoms with Gasteiger partial charge in [-0.2, -0.15) is 0 Å². The van der Waals surface area contributed by atoms with E-state index in [9.17, 15) is 0 Å². The standard InChI is InChI=1S/C20H44O4Si/c1-5-9-18-21-19-16-14-12-10-11-13-15-17-20-25(22-6-2,23-7-3)24-8-4/h5-20H2,1-4H3. The Labute approximate surface area is 158 Å². The Bertz CT molecular complexity index is 247. The molecular formula is C20H44O4Si. The van der Waals surface area contributed by atoms with Crippen LogP contribution in [0.1, 0.15) is 91.9 Å². The summed E-state index contributed by atoms with van der Waals surface area (Å²) in [7, 11) is -2.41. The molecule has 0 unspecified atom stereocenters. The summed E-state index contributed by atoms with van der Waals surface area (Å²) in [6.07, 6.45) is 12.7. The second-order valence-corrected chi connectivity index (χ2v) is 9.26. The highest BCUT2D eigenvalue weighted by Crippen LogP contribution is 2.20. The third-order valence-corrected chi connectivity index (χ3v) is 7.41. The van der Waals surface area contributed by atoms with Gasteiger partial charge in [0, 0.05) is 39.1 Å². The van der Waals surface area contributed by atoms with E-state index in [0.29, 0.717) is 19.8 Å². The van der Waals surface area contributed by atoms with E-state index in [2.05, 4.69) is 6.92 Å². The lowest BCUT2D eigenvalue weighted by molar-refractivity contribution is 0.0706. The van der Waals surface area contributed by atoms with Gasteiger partial charge in [0.15, 0.2) is 0 Å². The number of ether oxygens (including phenoxy) is 1. The molecule has 0 aliphatic carbocycles. The van der Waals surface area contributed by atoms with Gasteiger partial charge >= 0.3 is 8.80 Å². The molecule has 0 aromatic heterocycles. The average molecular weight is 377 g/mol. The maximum atomic E-state index is 5.90. The fourth-order valence-electron chi connectivity index (χ4n) is 2.96. The first kappa shape index (κ1) is 25.1. The van der Waals surface area contributed by atoms with Crippen LogP contribution in [0.5, 0.6) is 0 Å². The van der Waals surface area contributed by atoms with Crippen LogP contribution in [-0.4, -0.2) is 41.8 Å². The van der Waals surface area contributed by atoms with Gasteiger partial charge in [0.1, 0.15) is 0 Å². The largest absolute Gasteiger partial charge is 0.500 e. The summed E-state index contributed by atoms with van der Waals surface area (Å²) in [6, 6.07) is 0.956. The molecule has 0 saturated heterocycles. The lowest BCUT2D eigenvalue weighted by Gasteiger charge is -2.28. The molecule has 0 fully saturated rings. The Balaban J connectivity index is 3.56. The van der Waals surface area contributed by atoms with E-state index in [1.54, 1.807) is 0 Å². The van der Waals surface area contributed by atoms with Crippen molar-refractivity contribution in [2.24, 2.45) is 0 Å². The van der Waals surface area contributed by atoms with Crippen LogP contribution >= 0.6 is 0 Å². The minimum absolute atomic E-state index is 0.675. The van der Waals surface area contributed by atoms with Crippen LogP contribution in [0.4, 0.5) is 0 Å². The van der Waals surface area contributed by atoms with Crippen LogP contribution in [0.15, 0.2) is 0 Å². The van der Waals surface area contributed by atoms with E-state index in [0.717, 1.165) is 25.7 Å². The molecule has 0 rings (SSSR count). The van der Waals surface area contributed by atoms with E-state index in [1.807, 2.05) is 20.8 Å². The predicted molar refractivity (Wildman–Crippen MR) is 108 cm³/mol. The van der Waals surface area contributed by atoms with E-state index in [1.165, 1.54) is 57.8 Å². The van der Waals surface area contributed by atoms with Gasteiger partial charge in [-0.1, -0.05) is 51.9 Å². The highest BCUT2D eigenvalue weighted by molar-refractivity contribution is 6.60. The van der Waals surface area contributed by atoms with Gasteiger partial charge in [-0.3, -0.25) is 0 Å². The van der Waals surface area contributed by atoms with Crippen molar-refractivity contribution in [2.75, 3.05) is 33.0 Å². The number of unbranched alkanes of at least 4 members (excludes halogenated alkanes) is 8. The molecule has 0 aromatic carbocycles. The zero-order chi connectivity index (χ0) is 18.6. The molecule has 0 spiro atoms. The quantitative estimate of drug-likeness (QED) is 0.194. The summed E-state index contributed by atoms with van der Waals surface area (Å²) in [5, 5.41) is 0. The molecule has 0 saturated carbocycles. The van der Waals surface area contributed by atoms with Gasteiger partial charge in [-0.15, -0.1) is 0 Å². The van der Waals surface area contributed by atoms with Crippen molar-refractivity contribution in [3.63, 3.8) is 0 Å². The van der Waals surface area contributed by atoms with Crippen molar-refractivity contribution < 1.29 is 18.0 Å². The fourth-order valence-corrected chi connectivity index (χ4v) is 5.64. The minimum atomic E-state index is -2.41. The molecule has 0 aliphatic rings. The molecule has 0 N–H and O–H groups in total. The predicted octanol–water partition coefficient (Wildman–Crippen LogP) is 5.97. The first-order valence-corrected chi connectivity index (χ1v) is 12.7. The van der Waals surface area contributed by atoms with Crippen molar-refractivity contribution in [1.82, 2.24) is 0 Å². The van der Waals surface area contributed by atoms with Crippen LogP contribution in [0.2, 0.25) is 6.04 Å². The second kappa shape index (κ2) is 18.8. The Kier molecular flexibility index (Phi) is 18.9. The van der Waals surface area contributed by atoms with Crippen LogP contribution in [-0.2, 0) is 18.0 Å². The Morgan fingerprint density at radius 2 is 0.960 bits per heavy atom. The van der Waals surface area contributed by atoms with E-state index < -0.39 is 8.80 Å². The molecule has 0 heterocycles. The van der Waals surface area contributed by atoms with Crippen molar-refractivity contribution >= 4 is 8.80 Å². The second-order valence-electron chi connectivity index (χ2n) is 6.53. The van der Waals surface area contributed by atoms with Crippen LogP contribution in [0.3, 0.4) is 0 Å². The Hall–Kier alpha value is 0.0569. The SMILES string of the molecule is CCCCOCCCCCCCCCC[Si](OCC)(OCC)OCC. The molecule has 0 amide bonds. The molecular weight excluding hydrogens is 332 g/mol. The van der Waals surface area contributed by atoms with Gasteiger partial charge in [-0.05, 0) is 40.0 Å². The van der Waals surface area contributed by atoms with Gasteiger partial charge < -0.3 is 18.0 Å². The molecule has 0 bridgehead atoms. The summed E-state index contributed by atoms with van der Waals surface area (Å²) < 4.78 is 23.3. The van der Waals surface area contributed by atoms with Gasteiger partial charge in [0.05, 0.1) is 0 Å². The fraction of sp³-hybridized carbons (Fsp3) is 1.00. The molecule has 0 atom stereocenters. The van der Waals surface area contributed by atoms with Gasteiger partial charge in [0.2, 0.25) is 0 Å². The van der Waals surface area contributed by atoms with E-state index in [4.69, 9.17) is 18.0 Å².